The molecule has 0 saturated heterocycles. The standard InChI is InChI=1S/C4H10.ClOP/c1-3-4-2;1-3-2/h3-4H2,1-2H3;. The van der Waals surface area contributed by atoms with Gasteiger partial charge in [0.25, 0.3) is 7.81 Å². The van der Waals surface area contributed by atoms with Crippen LogP contribution in [0.1, 0.15) is 26.7 Å². The fourth-order valence-corrected chi connectivity index (χ4v) is 0. The van der Waals surface area contributed by atoms with Crippen molar-refractivity contribution in [3.8, 4) is 0 Å². The lowest BCUT2D eigenvalue weighted by Crippen LogP contribution is -1.47. The molecular formula is C4H10ClOP. The van der Waals surface area contributed by atoms with Gasteiger partial charge in [-0.05, 0) is 11.2 Å². The molecule has 0 aromatic heterocycles. The Morgan fingerprint density at radius 3 is 1.57 bits per heavy atom. The van der Waals surface area contributed by atoms with E-state index in [0.717, 1.165) is 0 Å². The third-order valence-electron chi connectivity index (χ3n) is 0.500. The van der Waals surface area contributed by atoms with E-state index in [0.29, 0.717) is 0 Å². The van der Waals surface area contributed by atoms with Crippen LogP contribution in [0.3, 0.4) is 0 Å². The molecule has 0 aliphatic rings. The molecule has 0 rings (SSSR count). The molecule has 44 valence electrons. The summed E-state index contributed by atoms with van der Waals surface area (Å²) in [6.45, 7) is 4.36. The minimum atomic E-state index is -0.361. The third kappa shape index (κ3) is 63.7. The lowest BCUT2D eigenvalue weighted by molar-refractivity contribution is 0.605. The van der Waals surface area contributed by atoms with Crippen molar-refractivity contribution in [1.29, 1.82) is 0 Å². The lowest BCUT2D eigenvalue weighted by Gasteiger charge is -1.68. The number of hydrogen-bond acceptors (Lipinski definition) is 1. The van der Waals surface area contributed by atoms with Crippen LogP contribution in [0.15, 0.2) is 0 Å². The highest BCUT2D eigenvalue weighted by molar-refractivity contribution is 7.57. The van der Waals surface area contributed by atoms with Gasteiger partial charge in [0.05, 0.1) is 0 Å². The first kappa shape index (κ1) is 10.4. The van der Waals surface area contributed by atoms with E-state index in [4.69, 9.17) is 4.57 Å². The molecule has 0 heterocycles. The van der Waals surface area contributed by atoms with E-state index in [9.17, 15) is 0 Å². The van der Waals surface area contributed by atoms with Gasteiger partial charge >= 0.3 is 0 Å². The second-order valence-corrected chi connectivity index (χ2v) is 1.62. The van der Waals surface area contributed by atoms with Gasteiger partial charge in [-0.2, -0.15) is 0 Å². The molecule has 0 atom stereocenters. The van der Waals surface area contributed by atoms with Crippen molar-refractivity contribution in [2.24, 2.45) is 0 Å². The van der Waals surface area contributed by atoms with E-state index in [-0.39, 0.29) is 7.81 Å². The molecule has 3 heteroatoms. The number of unbranched alkanes of at least 4 members (excludes halogenated alkanes) is 1. The Morgan fingerprint density at radius 2 is 1.57 bits per heavy atom. The highest BCUT2D eigenvalue weighted by Gasteiger charge is 1.56. The van der Waals surface area contributed by atoms with Crippen molar-refractivity contribution in [2.75, 3.05) is 0 Å². The summed E-state index contributed by atoms with van der Waals surface area (Å²) in [4.78, 5) is 0. The van der Waals surface area contributed by atoms with Gasteiger partial charge in [-0.25, -0.2) is 0 Å². The maximum atomic E-state index is 8.67. The number of rotatable bonds is 1. The van der Waals surface area contributed by atoms with Gasteiger partial charge in [-0.1, -0.05) is 26.7 Å². The van der Waals surface area contributed by atoms with Crippen LogP contribution in [0.4, 0.5) is 0 Å². The van der Waals surface area contributed by atoms with Gasteiger partial charge in [0.2, 0.25) is 0 Å². The smallest absolute Gasteiger partial charge is 0.256 e. The molecule has 0 unspecified atom stereocenters. The topological polar surface area (TPSA) is 17.1 Å². The molecule has 0 aliphatic heterocycles. The summed E-state index contributed by atoms with van der Waals surface area (Å²) in [7, 11) is -0.361. The molecule has 0 spiro atoms. The Bertz CT molecular complexity index is 30.9. The van der Waals surface area contributed by atoms with Gasteiger partial charge in [0.1, 0.15) is 0 Å². The molecule has 7 heavy (non-hydrogen) atoms. The van der Waals surface area contributed by atoms with Crippen LogP contribution in [-0.2, 0) is 4.57 Å². The predicted octanol–water partition coefficient (Wildman–Crippen LogP) is 3.24. The van der Waals surface area contributed by atoms with Gasteiger partial charge in [-0.3, -0.25) is 4.57 Å². The monoisotopic (exact) mass is 140 g/mol. The second-order valence-electron chi connectivity index (χ2n) is 1.07. The SMILES string of the molecule is CCCC.O=PCl. The summed E-state index contributed by atoms with van der Waals surface area (Å²) in [5.74, 6) is 0. The fraction of sp³-hybridized carbons (Fsp3) is 1.00. The van der Waals surface area contributed by atoms with Crippen molar-refractivity contribution in [3.05, 3.63) is 0 Å². The van der Waals surface area contributed by atoms with Crippen LogP contribution < -0.4 is 0 Å². The summed E-state index contributed by atoms with van der Waals surface area (Å²) in [6.07, 6.45) is 2.64. The normalized spacial score (nSPS) is 7.29. The van der Waals surface area contributed by atoms with Crippen LogP contribution in [0, 0.1) is 0 Å². The molecule has 0 radical (unpaired) electrons. The molecule has 0 saturated carbocycles. The van der Waals surface area contributed by atoms with E-state index < -0.39 is 0 Å². The van der Waals surface area contributed by atoms with Crippen molar-refractivity contribution in [1.82, 2.24) is 0 Å². The molecule has 0 aliphatic carbocycles. The van der Waals surface area contributed by atoms with E-state index in [1.54, 1.807) is 0 Å². The van der Waals surface area contributed by atoms with Gasteiger partial charge in [0, 0.05) is 0 Å². The van der Waals surface area contributed by atoms with Crippen LogP contribution in [0.2, 0.25) is 0 Å². The Morgan fingerprint density at radius 1 is 1.43 bits per heavy atom. The lowest BCUT2D eigenvalue weighted by atomic mass is 10.4. The molecule has 0 aromatic rings. The summed E-state index contributed by atoms with van der Waals surface area (Å²) < 4.78 is 8.67. The predicted molar refractivity (Wildman–Crippen MR) is 34.0 cm³/mol. The van der Waals surface area contributed by atoms with Crippen molar-refractivity contribution >= 4 is 19.1 Å². The Hall–Kier alpha value is 0.390. The average molecular weight is 141 g/mol. The van der Waals surface area contributed by atoms with Crippen molar-refractivity contribution in [3.63, 3.8) is 0 Å². The summed E-state index contributed by atoms with van der Waals surface area (Å²) >= 11 is 4.42. The zero-order valence-corrected chi connectivity index (χ0v) is 6.30. The largest absolute Gasteiger partial charge is 0.267 e. The van der Waals surface area contributed by atoms with Crippen LogP contribution in [0.25, 0.3) is 0 Å². The number of halogens is 1. The Balaban J connectivity index is 0. The van der Waals surface area contributed by atoms with E-state index in [1.165, 1.54) is 12.8 Å². The summed E-state index contributed by atoms with van der Waals surface area (Å²) in [5.41, 5.74) is 0. The van der Waals surface area contributed by atoms with Crippen molar-refractivity contribution in [2.45, 2.75) is 26.7 Å². The first-order valence-corrected chi connectivity index (χ1v) is 3.98. The van der Waals surface area contributed by atoms with E-state index in [2.05, 4.69) is 25.1 Å². The summed E-state index contributed by atoms with van der Waals surface area (Å²) in [5, 5.41) is 0. The Kier molecular flexibility index (Phi) is 24.0. The van der Waals surface area contributed by atoms with Crippen LogP contribution in [0.5, 0.6) is 0 Å². The van der Waals surface area contributed by atoms with Gasteiger partial charge < -0.3 is 0 Å². The molecule has 1 nitrogen and oxygen atoms in total. The molecule has 0 aromatic carbocycles. The molecular weight excluding hydrogens is 130 g/mol. The minimum absolute atomic E-state index is 0.361. The quantitative estimate of drug-likeness (QED) is 0.511. The van der Waals surface area contributed by atoms with Crippen molar-refractivity contribution < 1.29 is 4.57 Å². The van der Waals surface area contributed by atoms with Crippen LogP contribution >= 0.6 is 19.1 Å². The van der Waals surface area contributed by atoms with Crippen LogP contribution in [-0.4, -0.2) is 0 Å². The summed E-state index contributed by atoms with van der Waals surface area (Å²) in [6, 6.07) is 0. The number of hydrogen-bond donors (Lipinski definition) is 0. The second kappa shape index (κ2) is 16.2. The highest BCUT2D eigenvalue weighted by atomic mass is 35.7. The molecule has 0 bridgehead atoms. The van der Waals surface area contributed by atoms with E-state index in [1.807, 2.05) is 0 Å². The molecule has 0 N–H and O–H groups in total. The minimum Gasteiger partial charge on any atom is -0.256 e. The third-order valence-corrected chi connectivity index (χ3v) is 0.500. The zero-order chi connectivity index (χ0) is 6.12. The van der Waals surface area contributed by atoms with Gasteiger partial charge in [-0.15, -0.1) is 0 Å². The fourth-order valence-electron chi connectivity index (χ4n) is 0. The first-order chi connectivity index (χ1) is 3.33. The Labute approximate surface area is 51.1 Å². The average Bonchev–Trinajstić information content (AvgIpc) is 1.69. The van der Waals surface area contributed by atoms with E-state index >= 15 is 0 Å². The maximum Gasteiger partial charge on any atom is 0.267 e. The first-order valence-electron chi connectivity index (χ1n) is 2.27. The maximum absolute atomic E-state index is 8.67. The van der Waals surface area contributed by atoms with Gasteiger partial charge in [0.15, 0.2) is 0 Å². The molecule has 0 fully saturated rings. The highest BCUT2D eigenvalue weighted by Crippen LogP contribution is 1.92. The zero-order valence-electron chi connectivity index (χ0n) is 4.65. The molecule has 0 amide bonds.